The number of nitrogens with one attached hydrogen (secondary N) is 1. The van der Waals surface area contributed by atoms with Crippen LogP contribution in [0.15, 0.2) is 42.7 Å². The first-order chi connectivity index (χ1) is 9.72. The molecular weight excluding hydrogens is 252 g/mol. The van der Waals surface area contributed by atoms with Crippen LogP contribution in [0.25, 0.3) is 0 Å². The van der Waals surface area contributed by atoms with Gasteiger partial charge in [-0.05, 0) is 44.2 Å². The third-order valence-electron chi connectivity index (χ3n) is 3.14. The van der Waals surface area contributed by atoms with E-state index < -0.39 is 0 Å². The molecule has 1 aromatic heterocycles. The maximum absolute atomic E-state index is 11.8. The SMILES string of the molecule is CCN(CC)c1ccc(NC(=O)Cn2cccn2)cc1. The summed E-state index contributed by atoms with van der Waals surface area (Å²) in [4.78, 5) is 14.1. The molecule has 1 heterocycles. The van der Waals surface area contributed by atoms with Gasteiger partial charge in [0.1, 0.15) is 6.54 Å². The Kier molecular flexibility index (Phi) is 4.76. The first kappa shape index (κ1) is 14.1. The van der Waals surface area contributed by atoms with Crippen LogP contribution in [0.3, 0.4) is 0 Å². The number of aromatic nitrogens is 2. The van der Waals surface area contributed by atoms with Crippen LogP contribution in [0, 0.1) is 0 Å². The Bertz CT molecular complexity index is 530. The molecule has 0 fully saturated rings. The zero-order valence-corrected chi connectivity index (χ0v) is 11.9. The summed E-state index contributed by atoms with van der Waals surface area (Å²) in [6, 6.07) is 9.70. The Labute approximate surface area is 119 Å². The van der Waals surface area contributed by atoms with E-state index in [4.69, 9.17) is 0 Å². The van der Waals surface area contributed by atoms with Crippen molar-refractivity contribution in [1.29, 1.82) is 0 Å². The summed E-state index contributed by atoms with van der Waals surface area (Å²) in [6.07, 6.45) is 3.43. The van der Waals surface area contributed by atoms with Crippen LogP contribution in [0.4, 0.5) is 11.4 Å². The van der Waals surface area contributed by atoms with Gasteiger partial charge in [0.2, 0.25) is 5.91 Å². The molecule has 5 nitrogen and oxygen atoms in total. The molecule has 1 amide bonds. The zero-order valence-electron chi connectivity index (χ0n) is 11.9. The summed E-state index contributed by atoms with van der Waals surface area (Å²) in [7, 11) is 0. The van der Waals surface area contributed by atoms with Crippen molar-refractivity contribution in [1.82, 2.24) is 9.78 Å². The molecule has 2 aromatic rings. The van der Waals surface area contributed by atoms with Crippen LogP contribution in [0.2, 0.25) is 0 Å². The number of nitrogens with zero attached hydrogens (tertiary/aromatic N) is 3. The van der Waals surface area contributed by atoms with Crippen molar-refractivity contribution in [3.63, 3.8) is 0 Å². The van der Waals surface area contributed by atoms with E-state index in [-0.39, 0.29) is 12.5 Å². The normalized spacial score (nSPS) is 10.3. The number of amides is 1. The van der Waals surface area contributed by atoms with Gasteiger partial charge in [-0.1, -0.05) is 0 Å². The van der Waals surface area contributed by atoms with Gasteiger partial charge in [0.05, 0.1) is 0 Å². The first-order valence-corrected chi connectivity index (χ1v) is 6.85. The molecule has 0 saturated heterocycles. The van der Waals surface area contributed by atoms with Crippen molar-refractivity contribution in [2.24, 2.45) is 0 Å². The van der Waals surface area contributed by atoms with Gasteiger partial charge in [-0.2, -0.15) is 5.10 Å². The van der Waals surface area contributed by atoms with Crippen LogP contribution in [0.1, 0.15) is 13.8 Å². The molecule has 0 saturated carbocycles. The molecule has 0 unspecified atom stereocenters. The van der Waals surface area contributed by atoms with Gasteiger partial charge in [-0.15, -0.1) is 0 Å². The molecule has 1 N–H and O–H groups in total. The lowest BCUT2D eigenvalue weighted by atomic mass is 10.2. The van der Waals surface area contributed by atoms with E-state index in [0.717, 1.165) is 18.8 Å². The van der Waals surface area contributed by atoms with Crippen LogP contribution >= 0.6 is 0 Å². The van der Waals surface area contributed by atoms with Crippen molar-refractivity contribution in [3.05, 3.63) is 42.7 Å². The largest absolute Gasteiger partial charge is 0.372 e. The van der Waals surface area contributed by atoms with Crippen molar-refractivity contribution >= 4 is 17.3 Å². The smallest absolute Gasteiger partial charge is 0.246 e. The minimum atomic E-state index is -0.0794. The number of hydrogen-bond acceptors (Lipinski definition) is 3. The number of anilines is 2. The fourth-order valence-electron chi connectivity index (χ4n) is 2.09. The van der Waals surface area contributed by atoms with E-state index >= 15 is 0 Å². The fourth-order valence-corrected chi connectivity index (χ4v) is 2.09. The quantitative estimate of drug-likeness (QED) is 0.878. The molecule has 0 spiro atoms. The molecule has 5 heteroatoms. The Balaban J connectivity index is 1.95. The van der Waals surface area contributed by atoms with E-state index in [1.807, 2.05) is 24.3 Å². The molecule has 0 radical (unpaired) electrons. The van der Waals surface area contributed by atoms with Gasteiger partial charge in [0, 0.05) is 36.9 Å². The molecule has 1 aromatic carbocycles. The van der Waals surface area contributed by atoms with Gasteiger partial charge in [0.15, 0.2) is 0 Å². The maximum Gasteiger partial charge on any atom is 0.246 e. The van der Waals surface area contributed by atoms with E-state index in [1.165, 1.54) is 5.69 Å². The molecule has 106 valence electrons. The van der Waals surface area contributed by atoms with Crippen molar-refractivity contribution in [2.75, 3.05) is 23.3 Å². The van der Waals surface area contributed by atoms with E-state index in [2.05, 4.69) is 29.2 Å². The highest BCUT2D eigenvalue weighted by molar-refractivity contribution is 5.90. The molecule has 20 heavy (non-hydrogen) atoms. The van der Waals surface area contributed by atoms with Gasteiger partial charge in [0.25, 0.3) is 0 Å². The second kappa shape index (κ2) is 6.75. The fraction of sp³-hybridized carbons (Fsp3) is 0.333. The second-order valence-corrected chi connectivity index (χ2v) is 4.47. The average molecular weight is 272 g/mol. The van der Waals surface area contributed by atoms with Crippen LogP contribution in [-0.4, -0.2) is 28.8 Å². The van der Waals surface area contributed by atoms with E-state index in [1.54, 1.807) is 23.1 Å². The third kappa shape index (κ3) is 3.60. The Morgan fingerprint density at radius 2 is 1.95 bits per heavy atom. The number of hydrogen-bond donors (Lipinski definition) is 1. The number of carbonyl (C=O) groups is 1. The highest BCUT2D eigenvalue weighted by Crippen LogP contribution is 2.17. The highest BCUT2D eigenvalue weighted by atomic mass is 16.2. The Morgan fingerprint density at radius 3 is 2.50 bits per heavy atom. The van der Waals surface area contributed by atoms with Crippen molar-refractivity contribution < 1.29 is 4.79 Å². The summed E-state index contributed by atoms with van der Waals surface area (Å²) in [5.74, 6) is -0.0794. The molecule has 0 aliphatic carbocycles. The van der Waals surface area contributed by atoms with Crippen molar-refractivity contribution in [3.8, 4) is 0 Å². The van der Waals surface area contributed by atoms with E-state index in [9.17, 15) is 4.79 Å². The number of carbonyl (C=O) groups excluding carboxylic acids is 1. The maximum atomic E-state index is 11.8. The Morgan fingerprint density at radius 1 is 1.25 bits per heavy atom. The summed E-state index contributed by atoms with van der Waals surface area (Å²) in [6.45, 7) is 6.43. The molecule has 2 rings (SSSR count). The molecule has 0 aliphatic heterocycles. The number of benzene rings is 1. The molecule has 0 atom stereocenters. The number of rotatable bonds is 6. The first-order valence-electron chi connectivity index (χ1n) is 6.85. The van der Waals surface area contributed by atoms with Gasteiger partial charge in [-0.25, -0.2) is 0 Å². The standard InChI is InChI=1S/C15H20N4O/c1-3-18(4-2)14-8-6-13(7-9-14)17-15(20)12-19-11-5-10-16-19/h5-11H,3-4,12H2,1-2H3,(H,17,20). The lowest BCUT2D eigenvalue weighted by molar-refractivity contribution is -0.116. The van der Waals surface area contributed by atoms with Crippen LogP contribution in [-0.2, 0) is 11.3 Å². The topological polar surface area (TPSA) is 50.2 Å². The minimum Gasteiger partial charge on any atom is -0.372 e. The molecular formula is C15H20N4O. The van der Waals surface area contributed by atoms with Gasteiger partial charge >= 0.3 is 0 Å². The van der Waals surface area contributed by atoms with Gasteiger partial charge < -0.3 is 10.2 Å². The zero-order chi connectivity index (χ0) is 14.4. The summed E-state index contributed by atoms with van der Waals surface area (Å²) in [5, 5.41) is 6.87. The van der Waals surface area contributed by atoms with Gasteiger partial charge in [-0.3, -0.25) is 9.48 Å². The highest BCUT2D eigenvalue weighted by Gasteiger charge is 2.05. The minimum absolute atomic E-state index is 0.0794. The lowest BCUT2D eigenvalue weighted by Crippen LogP contribution is -2.22. The molecule has 0 bridgehead atoms. The van der Waals surface area contributed by atoms with Crippen LogP contribution in [0.5, 0.6) is 0 Å². The molecule has 0 aliphatic rings. The third-order valence-corrected chi connectivity index (χ3v) is 3.14. The summed E-state index contributed by atoms with van der Waals surface area (Å²) >= 11 is 0. The van der Waals surface area contributed by atoms with E-state index in [0.29, 0.717) is 0 Å². The van der Waals surface area contributed by atoms with Crippen LogP contribution < -0.4 is 10.2 Å². The second-order valence-electron chi connectivity index (χ2n) is 4.47. The predicted molar refractivity (Wildman–Crippen MR) is 80.9 cm³/mol. The Hall–Kier alpha value is -2.30. The summed E-state index contributed by atoms with van der Waals surface area (Å²) in [5.41, 5.74) is 1.97. The monoisotopic (exact) mass is 272 g/mol. The van der Waals surface area contributed by atoms with Crippen molar-refractivity contribution in [2.45, 2.75) is 20.4 Å². The average Bonchev–Trinajstić information content (AvgIpc) is 2.94. The lowest BCUT2D eigenvalue weighted by Gasteiger charge is -2.21. The summed E-state index contributed by atoms with van der Waals surface area (Å²) < 4.78 is 1.60. The predicted octanol–water partition coefficient (Wildman–Crippen LogP) is 2.37.